The molecule has 0 fully saturated rings. The molecule has 0 radical (unpaired) electrons. The first-order chi connectivity index (χ1) is 13.3. The van der Waals surface area contributed by atoms with E-state index in [4.69, 9.17) is 18.1 Å². The van der Waals surface area contributed by atoms with Gasteiger partial charge in [-0.05, 0) is 0 Å². The molecule has 6 heteroatoms. The van der Waals surface area contributed by atoms with Gasteiger partial charge in [0.2, 0.25) is 0 Å². The Kier molecular flexibility index (Phi) is 2.69. The van der Waals surface area contributed by atoms with E-state index in [0.717, 1.165) is 10.9 Å². The summed E-state index contributed by atoms with van der Waals surface area (Å²) in [5.74, 6) is 2.53. The van der Waals surface area contributed by atoms with Crippen molar-refractivity contribution >= 4 is 18.6 Å². The Labute approximate surface area is 155 Å². The molecule has 5 nitrogen and oxygen atoms in total. The first-order valence-corrected chi connectivity index (χ1v) is 10.9. The standard InChI is InChI=1S/C21H16NO4P/c1-2-10-17(11-3-1)23-27(24-18-12-4-5-13-19(18)25-27)22-15-7-9-16-8-6-14-20(26-27)21(16)22/h1-15,27H. The van der Waals surface area contributed by atoms with E-state index in [1.165, 1.54) is 0 Å². The van der Waals surface area contributed by atoms with Gasteiger partial charge < -0.3 is 0 Å². The van der Waals surface area contributed by atoms with Crippen LogP contribution in [0.5, 0.6) is 23.0 Å². The molecule has 2 aliphatic heterocycles. The number of aromatic nitrogens is 1. The topological polar surface area (TPSA) is 40.8 Å². The monoisotopic (exact) mass is 377 g/mol. The molecule has 0 atom stereocenters. The second-order valence-electron chi connectivity index (χ2n) is 6.61. The van der Waals surface area contributed by atoms with Gasteiger partial charge in [0.1, 0.15) is 0 Å². The normalized spacial score (nSPS) is 18.6. The first kappa shape index (κ1) is 14.8. The Morgan fingerprint density at radius 1 is 0.630 bits per heavy atom. The predicted molar refractivity (Wildman–Crippen MR) is 103 cm³/mol. The minimum atomic E-state index is -4.58. The molecular weight excluding hydrogens is 361 g/mol. The van der Waals surface area contributed by atoms with Crippen molar-refractivity contribution in [2.24, 2.45) is 0 Å². The summed E-state index contributed by atoms with van der Waals surface area (Å²) in [7, 11) is -4.58. The molecule has 3 heterocycles. The van der Waals surface area contributed by atoms with Crippen LogP contribution < -0.4 is 22.4 Å². The van der Waals surface area contributed by atoms with Crippen LogP contribution in [0, 0.1) is 0 Å². The van der Waals surface area contributed by atoms with Gasteiger partial charge in [-0.15, -0.1) is 0 Å². The third kappa shape index (κ3) is 1.89. The summed E-state index contributed by atoms with van der Waals surface area (Å²) in [6.07, 6.45) is 1.90. The molecule has 6 rings (SSSR count). The van der Waals surface area contributed by atoms with Gasteiger partial charge in [0.25, 0.3) is 0 Å². The van der Waals surface area contributed by atoms with Crippen LogP contribution in [0.15, 0.2) is 91.1 Å². The van der Waals surface area contributed by atoms with Gasteiger partial charge in [0.15, 0.2) is 0 Å². The van der Waals surface area contributed by atoms with E-state index < -0.39 is 7.66 Å². The summed E-state index contributed by atoms with van der Waals surface area (Å²) in [6, 6.07) is 26.9. The fourth-order valence-corrected chi connectivity index (χ4v) is 7.52. The van der Waals surface area contributed by atoms with Gasteiger partial charge in [-0.3, -0.25) is 0 Å². The Balaban J connectivity index is 1.65. The molecule has 1 aromatic heterocycles. The zero-order valence-corrected chi connectivity index (χ0v) is 15.2. The number of fused-ring (bicyclic) bond motifs is 2. The fourth-order valence-electron chi connectivity index (χ4n) is 3.80. The van der Waals surface area contributed by atoms with Crippen LogP contribution in [-0.2, 0) is 0 Å². The summed E-state index contributed by atoms with van der Waals surface area (Å²) in [5.41, 5.74) is 0.900. The van der Waals surface area contributed by atoms with Crippen LogP contribution >= 0.6 is 7.66 Å². The molecule has 4 aromatic rings. The van der Waals surface area contributed by atoms with Crippen molar-refractivity contribution in [3.8, 4) is 23.0 Å². The number of pyridine rings is 1. The molecule has 134 valence electrons. The molecule has 0 amide bonds. The van der Waals surface area contributed by atoms with Gasteiger partial charge in [-0.2, -0.15) is 0 Å². The molecule has 0 saturated carbocycles. The Morgan fingerprint density at radius 2 is 1.26 bits per heavy atom. The summed E-state index contributed by atoms with van der Waals surface area (Å²) >= 11 is 0. The van der Waals surface area contributed by atoms with E-state index >= 15 is 0 Å². The molecule has 0 unspecified atom stereocenters. The number of para-hydroxylation sites is 4. The number of benzene rings is 3. The number of nitrogens with zero attached hydrogens (tertiary/aromatic N) is 1. The number of hydrogen-bond donors (Lipinski definition) is 0. The maximum absolute atomic E-state index is 6.52. The van der Waals surface area contributed by atoms with E-state index in [-0.39, 0.29) is 0 Å². The Hall–Kier alpha value is -3.30. The summed E-state index contributed by atoms with van der Waals surface area (Å²) in [5, 5.41) is 1.03. The number of rotatable bonds is 2. The van der Waals surface area contributed by atoms with E-state index in [1.54, 1.807) is 0 Å². The quantitative estimate of drug-likeness (QED) is 0.472. The van der Waals surface area contributed by atoms with Crippen LogP contribution in [0.3, 0.4) is 0 Å². The molecule has 0 N–H and O–H groups in total. The summed E-state index contributed by atoms with van der Waals surface area (Å²) in [6.45, 7) is 0. The Morgan fingerprint density at radius 3 is 2.04 bits per heavy atom. The summed E-state index contributed by atoms with van der Waals surface area (Å²) < 4.78 is 27.9. The second kappa shape index (κ2) is 4.90. The predicted octanol–water partition coefficient (Wildman–Crippen LogP) is 4.78. The fraction of sp³-hybridized carbons (Fsp3) is 0. The van der Waals surface area contributed by atoms with E-state index in [9.17, 15) is 0 Å². The van der Waals surface area contributed by atoms with Crippen molar-refractivity contribution in [1.82, 2.24) is 0 Å². The van der Waals surface area contributed by atoms with Crippen molar-refractivity contribution in [2.75, 3.05) is 0 Å². The van der Waals surface area contributed by atoms with Crippen molar-refractivity contribution in [1.29, 1.82) is 0 Å². The molecule has 0 aliphatic carbocycles. The third-order valence-corrected chi connectivity index (χ3v) is 8.32. The molecule has 27 heavy (non-hydrogen) atoms. The van der Waals surface area contributed by atoms with Crippen molar-refractivity contribution in [2.45, 2.75) is 0 Å². The zero-order valence-electron chi connectivity index (χ0n) is 14.2. The first-order valence-electron chi connectivity index (χ1n) is 8.78. The third-order valence-electron chi connectivity index (χ3n) is 4.90. The van der Waals surface area contributed by atoms with Gasteiger partial charge in [-0.25, -0.2) is 0 Å². The average Bonchev–Trinajstić information content (AvgIpc) is 3.17. The van der Waals surface area contributed by atoms with Gasteiger partial charge in [-0.1, -0.05) is 0 Å². The van der Waals surface area contributed by atoms with Crippen molar-refractivity contribution in [3.05, 3.63) is 91.1 Å². The summed E-state index contributed by atoms with van der Waals surface area (Å²) in [4.78, 5) is 0. The average molecular weight is 377 g/mol. The van der Waals surface area contributed by atoms with Crippen LogP contribution in [-0.4, -0.2) is 0 Å². The molecule has 1 spiro atoms. The van der Waals surface area contributed by atoms with Crippen LogP contribution in [0.2, 0.25) is 0 Å². The minimum absolute atomic E-state index is 0.610. The molecule has 0 bridgehead atoms. The zero-order chi connectivity index (χ0) is 17.9. The van der Waals surface area contributed by atoms with Gasteiger partial charge >= 0.3 is 155 Å². The number of hydrogen-bond acceptors (Lipinski definition) is 4. The van der Waals surface area contributed by atoms with Crippen LogP contribution in [0.1, 0.15) is 0 Å². The van der Waals surface area contributed by atoms with E-state index in [2.05, 4.69) is 0 Å². The van der Waals surface area contributed by atoms with Crippen LogP contribution in [0.25, 0.3) is 10.9 Å². The van der Waals surface area contributed by atoms with E-state index in [0.29, 0.717) is 23.0 Å². The van der Waals surface area contributed by atoms with Gasteiger partial charge in [0.05, 0.1) is 0 Å². The van der Waals surface area contributed by atoms with Crippen LogP contribution in [0.4, 0.5) is 0 Å². The molecule has 0 saturated heterocycles. The maximum atomic E-state index is 6.52. The second-order valence-corrected chi connectivity index (χ2v) is 9.63. The molecule has 2 aliphatic rings. The van der Waals surface area contributed by atoms with Crippen molar-refractivity contribution < 1.29 is 22.4 Å². The van der Waals surface area contributed by atoms with Crippen molar-refractivity contribution in [3.63, 3.8) is 0 Å². The Bertz CT molecular complexity index is 1180. The van der Waals surface area contributed by atoms with Gasteiger partial charge in [0, 0.05) is 0 Å². The molecule has 3 aromatic carbocycles. The SMILES string of the molecule is c1ccc(O[PH-]23(Oc4ccccc4O2)Oc2cccc4ccc[n+]3c24)cc1. The van der Waals surface area contributed by atoms with E-state index in [1.807, 2.05) is 95.5 Å². The molecular formula is C21H16NO4P.